The number of anilines is 1. The van der Waals surface area contributed by atoms with E-state index in [1.165, 1.54) is 17.7 Å². The van der Waals surface area contributed by atoms with Crippen molar-refractivity contribution in [1.82, 2.24) is 9.97 Å². The quantitative estimate of drug-likeness (QED) is 0.745. The van der Waals surface area contributed by atoms with Crippen LogP contribution in [-0.2, 0) is 12.8 Å². The van der Waals surface area contributed by atoms with Crippen molar-refractivity contribution in [3.05, 3.63) is 65.5 Å². The fraction of sp³-hybridized carbons (Fsp3) is 0.111. The second-order valence-electron chi connectivity index (χ2n) is 5.42. The smallest absolute Gasteiger partial charge is 0.221 e. The van der Waals surface area contributed by atoms with Crippen LogP contribution in [0.3, 0.4) is 0 Å². The lowest BCUT2D eigenvalue weighted by atomic mass is 9.87. The molecule has 0 amide bonds. The number of nitrogens with two attached hydrogens (primary N) is 1. The van der Waals surface area contributed by atoms with E-state index in [0.717, 1.165) is 40.9 Å². The first kappa shape index (κ1) is 13.0. The normalized spacial score (nSPS) is 12.6. The second kappa shape index (κ2) is 4.91. The Kier molecular flexibility index (Phi) is 2.89. The lowest BCUT2D eigenvalue weighted by Crippen LogP contribution is -2.11. The Hall–Kier alpha value is -2.75. The maximum Gasteiger partial charge on any atom is 0.221 e. The zero-order valence-corrected chi connectivity index (χ0v) is 11.9. The van der Waals surface area contributed by atoms with Crippen LogP contribution in [0.1, 0.15) is 11.1 Å². The summed E-state index contributed by atoms with van der Waals surface area (Å²) >= 11 is 0. The van der Waals surface area contributed by atoms with Gasteiger partial charge in [0, 0.05) is 16.7 Å². The first-order chi connectivity index (χ1) is 10.7. The van der Waals surface area contributed by atoms with Crippen molar-refractivity contribution in [2.75, 3.05) is 5.73 Å². The van der Waals surface area contributed by atoms with E-state index >= 15 is 0 Å². The Morgan fingerprint density at radius 3 is 2.41 bits per heavy atom. The number of hydrogen-bond acceptors (Lipinski definition) is 3. The van der Waals surface area contributed by atoms with Crippen LogP contribution in [0, 0.1) is 5.82 Å². The number of benzene rings is 2. The van der Waals surface area contributed by atoms with E-state index in [4.69, 9.17) is 5.73 Å². The van der Waals surface area contributed by atoms with Gasteiger partial charge in [0.05, 0.1) is 11.4 Å². The highest BCUT2D eigenvalue weighted by atomic mass is 19.1. The molecule has 1 aliphatic rings. The standard InChI is InChI=1S/C18H14FN3/c19-13-8-5-12(6-9-13)16-15-10-7-11-3-1-2-4-14(11)17(15)22-18(20)21-16/h1-6,8-9H,7,10H2,(H2,20,21,22). The van der Waals surface area contributed by atoms with Crippen LogP contribution >= 0.6 is 0 Å². The Balaban J connectivity index is 1.96. The molecule has 2 N–H and O–H groups in total. The van der Waals surface area contributed by atoms with Crippen LogP contribution in [0.5, 0.6) is 0 Å². The monoisotopic (exact) mass is 291 g/mol. The highest BCUT2D eigenvalue weighted by molar-refractivity contribution is 5.78. The number of halogens is 1. The number of aromatic nitrogens is 2. The van der Waals surface area contributed by atoms with Gasteiger partial charge in [0.25, 0.3) is 0 Å². The number of fused-ring (bicyclic) bond motifs is 3. The van der Waals surface area contributed by atoms with Gasteiger partial charge < -0.3 is 5.73 Å². The third-order valence-corrected chi connectivity index (χ3v) is 4.06. The fourth-order valence-corrected chi connectivity index (χ4v) is 3.04. The molecule has 3 aromatic rings. The third kappa shape index (κ3) is 2.04. The molecule has 0 spiro atoms. The minimum atomic E-state index is -0.259. The largest absolute Gasteiger partial charge is 0.368 e. The van der Waals surface area contributed by atoms with E-state index in [1.807, 2.05) is 12.1 Å². The summed E-state index contributed by atoms with van der Waals surface area (Å²) in [6, 6.07) is 14.6. The van der Waals surface area contributed by atoms with Gasteiger partial charge in [0.1, 0.15) is 5.82 Å². The molecule has 0 saturated heterocycles. The van der Waals surface area contributed by atoms with Crippen molar-refractivity contribution >= 4 is 5.95 Å². The van der Waals surface area contributed by atoms with Gasteiger partial charge in [0.2, 0.25) is 5.95 Å². The van der Waals surface area contributed by atoms with E-state index < -0.39 is 0 Å². The molecule has 3 nitrogen and oxygen atoms in total. The topological polar surface area (TPSA) is 51.8 Å². The van der Waals surface area contributed by atoms with Crippen molar-refractivity contribution in [3.63, 3.8) is 0 Å². The average molecular weight is 291 g/mol. The minimum absolute atomic E-state index is 0.245. The van der Waals surface area contributed by atoms with Gasteiger partial charge >= 0.3 is 0 Å². The lowest BCUT2D eigenvalue weighted by Gasteiger charge is -2.21. The molecular formula is C18H14FN3. The zero-order valence-electron chi connectivity index (χ0n) is 11.9. The molecule has 0 fully saturated rings. The summed E-state index contributed by atoms with van der Waals surface area (Å²) in [5.41, 5.74) is 11.9. The summed E-state index contributed by atoms with van der Waals surface area (Å²) in [4.78, 5) is 8.85. The summed E-state index contributed by atoms with van der Waals surface area (Å²) in [5.74, 6) is -0.0141. The molecule has 1 heterocycles. The van der Waals surface area contributed by atoms with Crippen molar-refractivity contribution < 1.29 is 4.39 Å². The number of aryl methyl sites for hydroxylation is 1. The van der Waals surface area contributed by atoms with Gasteiger partial charge in [-0.25, -0.2) is 14.4 Å². The molecule has 0 atom stereocenters. The first-order valence-electron chi connectivity index (χ1n) is 7.23. The zero-order chi connectivity index (χ0) is 15.1. The van der Waals surface area contributed by atoms with Crippen molar-refractivity contribution in [2.45, 2.75) is 12.8 Å². The predicted octanol–water partition coefficient (Wildman–Crippen LogP) is 3.63. The van der Waals surface area contributed by atoms with Crippen LogP contribution in [0.25, 0.3) is 22.5 Å². The van der Waals surface area contributed by atoms with E-state index in [1.54, 1.807) is 12.1 Å². The number of nitrogens with zero attached hydrogens (tertiary/aromatic N) is 2. The van der Waals surface area contributed by atoms with Crippen LogP contribution in [0.2, 0.25) is 0 Å². The molecule has 1 aliphatic carbocycles. The van der Waals surface area contributed by atoms with Gasteiger partial charge in [0.15, 0.2) is 0 Å². The third-order valence-electron chi connectivity index (χ3n) is 4.06. The second-order valence-corrected chi connectivity index (χ2v) is 5.42. The summed E-state index contributed by atoms with van der Waals surface area (Å²) < 4.78 is 13.2. The Morgan fingerprint density at radius 1 is 0.864 bits per heavy atom. The average Bonchev–Trinajstić information content (AvgIpc) is 2.55. The fourth-order valence-electron chi connectivity index (χ4n) is 3.04. The maximum absolute atomic E-state index is 13.2. The number of hydrogen-bond donors (Lipinski definition) is 1. The van der Waals surface area contributed by atoms with Gasteiger partial charge in [-0.2, -0.15) is 0 Å². The molecule has 0 bridgehead atoms. The van der Waals surface area contributed by atoms with Crippen molar-refractivity contribution in [2.24, 2.45) is 0 Å². The van der Waals surface area contributed by atoms with Crippen molar-refractivity contribution in [1.29, 1.82) is 0 Å². The summed E-state index contributed by atoms with van der Waals surface area (Å²) in [7, 11) is 0. The van der Waals surface area contributed by atoms with E-state index in [2.05, 4.69) is 22.1 Å². The molecule has 0 saturated carbocycles. The van der Waals surface area contributed by atoms with E-state index in [-0.39, 0.29) is 11.8 Å². The summed E-state index contributed by atoms with van der Waals surface area (Å²) in [5, 5.41) is 0. The van der Waals surface area contributed by atoms with Crippen molar-refractivity contribution in [3.8, 4) is 22.5 Å². The van der Waals surface area contributed by atoms with E-state index in [9.17, 15) is 4.39 Å². The SMILES string of the molecule is Nc1nc(-c2ccc(F)cc2)c2c(n1)-c1ccccc1CC2. The maximum atomic E-state index is 13.2. The molecule has 0 aliphatic heterocycles. The predicted molar refractivity (Wildman–Crippen MR) is 84.7 cm³/mol. The van der Waals surface area contributed by atoms with Gasteiger partial charge in [-0.15, -0.1) is 0 Å². The number of nitrogen functional groups attached to an aromatic ring is 1. The highest BCUT2D eigenvalue weighted by Gasteiger charge is 2.22. The first-order valence-corrected chi connectivity index (χ1v) is 7.23. The Bertz CT molecular complexity index is 857. The van der Waals surface area contributed by atoms with Crippen LogP contribution in [0.4, 0.5) is 10.3 Å². The molecule has 4 heteroatoms. The molecule has 2 aromatic carbocycles. The van der Waals surface area contributed by atoms with Crippen LogP contribution in [0.15, 0.2) is 48.5 Å². The Morgan fingerprint density at radius 2 is 1.59 bits per heavy atom. The van der Waals surface area contributed by atoms with Gasteiger partial charge in [-0.05, 0) is 42.7 Å². The Labute approximate surface area is 127 Å². The van der Waals surface area contributed by atoms with Crippen LogP contribution in [-0.4, -0.2) is 9.97 Å². The van der Waals surface area contributed by atoms with Crippen LogP contribution < -0.4 is 5.73 Å². The minimum Gasteiger partial charge on any atom is -0.368 e. The number of rotatable bonds is 1. The molecule has 0 unspecified atom stereocenters. The summed E-state index contributed by atoms with van der Waals surface area (Å²) in [6.07, 6.45) is 1.81. The molecule has 4 rings (SSSR count). The van der Waals surface area contributed by atoms with E-state index in [0.29, 0.717) is 0 Å². The molecule has 108 valence electrons. The molecule has 0 radical (unpaired) electrons. The van der Waals surface area contributed by atoms with Gasteiger partial charge in [-0.3, -0.25) is 0 Å². The lowest BCUT2D eigenvalue weighted by molar-refractivity contribution is 0.628. The molecule has 1 aromatic heterocycles. The summed E-state index contributed by atoms with van der Waals surface area (Å²) in [6.45, 7) is 0. The molecular weight excluding hydrogens is 277 g/mol. The van der Waals surface area contributed by atoms with Gasteiger partial charge in [-0.1, -0.05) is 24.3 Å². The highest BCUT2D eigenvalue weighted by Crippen LogP contribution is 2.37. The molecule has 22 heavy (non-hydrogen) atoms.